The summed E-state index contributed by atoms with van der Waals surface area (Å²) in [4.78, 5) is 16.5. The second-order valence-electron chi connectivity index (χ2n) is 5.18. The zero-order valence-corrected chi connectivity index (χ0v) is 12.4. The number of nitrogens with two attached hydrogens (primary N) is 1. The standard InChI is InChI=1S/C18H20N2O/c1-3-18(2,17(19)21)20-16(14-10-6-4-7-11-14)15-12-8-5-9-13-15/h4-13H,3H2,1-2H3,(H2,19,21). The maximum atomic E-state index is 11.8. The van der Waals surface area contributed by atoms with Gasteiger partial charge in [-0.15, -0.1) is 0 Å². The van der Waals surface area contributed by atoms with Gasteiger partial charge in [-0.3, -0.25) is 9.79 Å². The number of carbonyl (C=O) groups is 1. The molecule has 2 rings (SSSR count). The molecule has 2 N–H and O–H groups in total. The third-order valence-corrected chi connectivity index (χ3v) is 3.67. The molecule has 0 aliphatic heterocycles. The van der Waals surface area contributed by atoms with E-state index in [1.165, 1.54) is 0 Å². The van der Waals surface area contributed by atoms with Crippen LogP contribution in [0.4, 0.5) is 0 Å². The van der Waals surface area contributed by atoms with E-state index >= 15 is 0 Å². The van der Waals surface area contributed by atoms with E-state index in [1.54, 1.807) is 6.92 Å². The molecule has 3 nitrogen and oxygen atoms in total. The summed E-state index contributed by atoms with van der Waals surface area (Å²) in [6, 6.07) is 19.7. The SMILES string of the molecule is CCC(C)(N=C(c1ccccc1)c1ccccc1)C(N)=O. The summed E-state index contributed by atoms with van der Waals surface area (Å²) in [5.41, 5.74) is 7.38. The molecule has 0 aliphatic carbocycles. The molecule has 0 spiro atoms. The van der Waals surface area contributed by atoms with E-state index in [2.05, 4.69) is 0 Å². The molecule has 1 atom stereocenters. The third-order valence-electron chi connectivity index (χ3n) is 3.67. The van der Waals surface area contributed by atoms with Crippen molar-refractivity contribution < 1.29 is 4.79 Å². The van der Waals surface area contributed by atoms with Gasteiger partial charge in [-0.25, -0.2) is 0 Å². The molecule has 0 radical (unpaired) electrons. The summed E-state index contributed by atoms with van der Waals surface area (Å²) in [6.07, 6.45) is 0.561. The molecule has 2 aromatic rings. The molecular formula is C18H20N2O. The number of hydrogen-bond donors (Lipinski definition) is 1. The first kappa shape index (κ1) is 15.0. The predicted octanol–water partition coefficient (Wildman–Crippen LogP) is 3.18. The van der Waals surface area contributed by atoms with E-state index in [4.69, 9.17) is 10.7 Å². The van der Waals surface area contributed by atoms with Gasteiger partial charge in [-0.1, -0.05) is 67.6 Å². The van der Waals surface area contributed by atoms with Crippen LogP contribution in [0.3, 0.4) is 0 Å². The van der Waals surface area contributed by atoms with Crippen molar-refractivity contribution in [2.45, 2.75) is 25.8 Å². The largest absolute Gasteiger partial charge is 0.368 e. The number of benzene rings is 2. The molecule has 0 fully saturated rings. The second kappa shape index (κ2) is 6.35. The quantitative estimate of drug-likeness (QED) is 0.840. The maximum absolute atomic E-state index is 11.8. The van der Waals surface area contributed by atoms with Gasteiger partial charge in [0.25, 0.3) is 0 Å². The van der Waals surface area contributed by atoms with Crippen LogP contribution in [0, 0.1) is 0 Å². The molecule has 0 bridgehead atoms. The van der Waals surface area contributed by atoms with E-state index in [-0.39, 0.29) is 0 Å². The molecule has 0 saturated carbocycles. The van der Waals surface area contributed by atoms with Gasteiger partial charge in [0.1, 0.15) is 5.54 Å². The molecule has 0 saturated heterocycles. The number of amides is 1. The highest BCUT2D eigenvalue weighted by Crippen LogP contribution is 2.20. The summed E-state index contributed by atoms with van der Waals surface area (Å²) >= 11 is 0. The van der Waals surface area contributed by atoms with Crippen molar-refractivity contribution in [3.8, 4) is 0 Å². The Morgan fingerprint density at radius 2 is 1.43 bits per heavy atom. The molecule has 3 heteroatoms. The Labute approximate surface area is 125 Å². The van der Waals surface area contributed by atoms with Gasteiger partial charge in [0.15, 0.2) is 0 Å². The van der Waals surface area contributed by atoms with Crippen molar-refractivity contribution in [2.75, 3.05) is 0 Å². The number of rotatable bonds is 5. The number of carbonyl (C=O) groups excluding carboxylic acids is 1. The minimum atomic E-state index is -0.902. The highest BCUT2D eigenvalue weighted by atomic mass is 16.1. The van der Waals surface area contributed by atoms with Gasteiger partial charge in [0.05, 0.1) is 5.71 Å². The highest BCUT2D eigenvalue weighted by Gasteiger charge is 2.29. The molecule has 2 aromatic carbocycles. The van der Waals surface area contributed by atoms with Crippen LogP contribution in [-0.2, 0) is 4.79 Å². The topological polar surface area (TPSA) is 55.4 Å². The van der Waals surface area contributed by atoms with Gasteiger partial charge < -0.3 is 5.73 Å². The fourth-order valence-corrected chi connectivity index (χ4v) is 2.04. The monoisotopic (exact) mass is 280 g/mol. The Kier molecular flexibility index (Phi) is 4.53. The van der Waals surface area contributed by atoms with Crippen LogP contribution < -0.4 is 5.73 Å². The van der Waals surface area contributed by atoms with Crippen molar-refractivity contribution in [1.82, 2.24) is 0 Å². The second-order valence-corrected chi connectivity index (χ2v) is 5.18. The van der Waals surface area contributed by atoms with Crippen molar-refractivity contribution in [1.29, 1.82) is 0 Å². The fraction of sp³-hybridized carbons (Fsp3) is 0.222. The van der Waals surface area contributed by atoms with Gasteiger partial charge in [0.2, 0.25) is 5.91 Å². The Balaban J connectivity index is 2.60. The summed E-state index contributed by atoms with van der Waals surface area (Å²) in [7, 11) is 0. The Morgan fingerprint density at radius 1 is 1.00 bits per heavy atom. The average molecular weight is 280 g/mol. The first-order valence-electron chi connectivity index (χ1n) is 7.07. The van der Waals surface area contributed by atoms with Gasteiger partial charge in [-0.05, 0) is 13.3 Å². The zero-order chi connectivity index (χ0) is 15.3. The van der Waals surface area contributed by atoms with Crippen LogP contribution >= 0.6 is 0 Å². The Hall–Kier alpha value is -2.42. The van der Waals surface area contributed by atoms with E-state index < -0.39 is 11.4 Å². The normalized spacial score (nSPS) is 13.2. The minimum absolute atomic E-state index is 0.408. The van der Waals surface area contributed by atoms with Crippen LogP contribution in [0.25, 0.3) is 0 Å². The first-order chi connectivity index (χ1) is 10.1. The zero-order valence-electron chi connectivity index (χ0n) is 12.4. The lowest BCUT2D eigenvalue weighted by molar-refractivity contribution is -0.122. The molecule has 1 unspecified atom stereocenters. The summed E-state index contributed by atoms with van der Waals surface area (Å²) < 4.78 is 0. The van der Waals surface area contributed by atoms with Crippen LogP contribution in [0.5, 0.6) is 0 Å². The van der Waals surface area contributed by atoms with E-state index in [1.807, 2.05) is 67.6 Å². The highest BCUT2D eigenvalue weighted by molar-refractivity contribution is 6.13. The van der Waals surface area contributed by atoms with E-state index in [0.29, 0.717) is 6.42 Å². The van der Waals surface area contributed by atoms with Crippen LogP contribution in [0.2, 0.25) is 0 Å². The number of primary amides is 1. The van der Waals surface area contributed by atoms with Gasteiger partial charge >= 0.3 is 0 Å². The van der Waals surface area contributed by atoms with Crippen molar-refractivity contribution in [3.05, 3.63) is 71.8 Å². The maximum Gasteiger partial charge on any atom is 0.245 e. The Morgan fingerprint density at radius 3 is 1.76 bits per heavy atom. The lowest BCUT2D eigenvalue weighted by Gasteiger charge is -2.22. The fourth-order valence-electron chi connectivity index (χ4n) is 2.04. The number of aliphatic imine (C=N–C) groups is 1. The van der Waals surface area contributed by atoms with E-state index in [0.717, 1.165) is 16.8 Å². The molecule has 0 aliphatic rings. The van der Waals surface area contributed by atoms with Crippen LogP contribution in [0.1, 0.15) is 31.4 Å². The molecule has 0 heterocycles. The van der Waals surface area contributed by atoms with Crippen LogP contribution in [0.15, 0.2) is 65.7 Å². The average Bonchev–Trinajstić information content (AvgIpc) is 2.54. The molecule has 1 amide bonds. The lowest BCUT2D eigenvalue weighted by atomic mass is 9.96. The molecule has 0 aromatic heterocycles. The summed E-state index contributed by atoms with van der Waals surface area (Å²) in [5, 5.41) is 0. The molecular weight excluding hydrogens is 260 g/mol. The van der Waals surface area contributed by atoms with Crippen LogP contribution in [-0.4, -0.2) is 17.2 Å². The van der Waals surface area contributed by atoms with Crippen molar-refractivity contribution >= 4 is 11.6 Å². The minimum Gasteiger partial charge on any atom is -0.368 e. The van der Waals surface area contributed by atoms with Crippen molar-refractivity contribution in [3.63, 3.8) is 0 Å². The molecule has 108 valence electrons. The van der Waals surface area contributed by atoms with Crippen molar-refractivity contribution in [2.24, 2.45) is 10.7 Å². The molecule has 21 heavy (non-hydrogen) atoms. The number of hydrogen-bond acceptors (Lipinski definition) is 2. The first-order valence-corrected chi connectivity index (χ1v) is 7.07. The summed E-state index contributed by atoms with van der Waals surface area (Å²) in [5.74, 6) is -0.408. The smallest absolute Gasteiger partial charge is 0.245 e. The predicted molar refractivity (Wildman–Crippen MR) is 86.4 cm³/mol. The van der Waals surface area contributed by atoms with E-state index in [9.17, 15) is 4.79 Å². The summed E-state index contributed by atoms with van der Waals surface area (Å²) in [6.45, 7) is 3.70. The number of nitrogens with zero attached hydrogens (tertiary/aromatic N) is 1. The van der Waals surface area contributed by atoms with Gasteiger partial charge in [0, 0.05) is 11.1 Å². The Bertz CT molecular complexity index is 593. The third kappa shape index (κ3) is 3.37. The lowest BCUT2D eigenvalue weighted by Crippen LogP contribution is -2.39. The van der Waals surface area contributed by atoms with Gasteiger partial charge in [-0.2, -0.15) is 0 Å².